The van der Waals surface area contributed by atoms with E-state index in [9.17, 15) is 19.4 Å². The van der Waals surface area contributed by atoms with Crippen molar-refractivity contribution in [3.05, 3.63) is 23.5 Å². The van der Waals surface area contributed by atoms with Gasteiger partial charge in [0.2, 0.25) is 0 Å². The number of phenols is 2. The molecule has 2 rings (SSSR count). The van der Waals surface area contributed by atoms with E-state index >= 15 is 0 Å². The molecule has 0 aromatic heterocycles. The van der Waals surface area contributed by atoms with Crippen molar-refractivity contribution in [1.82, 2.24) is 0 Å². The fraction of sp³-hybridized carbons (Fsp3) is 0.364. The lowest BCUT2D eigenvalue weighted by Gasteiger charge is -2.15. The maximum atomic E-state index is 12.9. The van der Waals surface area contributed by atoms with Crippen LogP contribution < -0.4 is 0 Å². The Morgan fingerprint density at radius 1 is 1.31 bits per heavy atom. The van der Waals surface area contributed by atoms with Crippen LogP contribution in [0.25, 0.3) is 0 Å². The van der Waals surface area contributed by atoms with Crippen LogP contribution in [-0.4, -0.2) is 21.3 Å². The van der Waals surface area contributed by atoms with Crippen molar-refractivity contribution in [2.75, 3.05) is 0 Å². The molecule has 0 amide bonds. The normalized spacial score (nSPS) is 17.1. The third kappa shape index (κ3) is 1.68. The monoisotopic (exact) mass is 226 g/mol. The molecule has 5 heteroatoms. The Morgan fingerprint density at radius 3 is 2.44 bits per heavy atom. The first-order valence-electron chi connectivity index (χ1n) is 4.88. The summed E-state index contributed by atoms with van der Waals surface area (Å²) in [5.41, 5.74) is -0.324. The Hall–Kier alpha value is -1.78. The number of rotatable bonds is 3. The van der Waals surface area contributed by atoms with Crippen LogP contribution in [-0.2, 0) is 10.2 Å². The molecule has 0 saturated heterocycles. The van der Waals surface area contributed by atoms with Gasteiger partial charge in [0.15, 0.2) is 11.6 Å². The Balaban J connectivity index is 2.41. The van der Waals surface area contributed by atoms with Gasteiger partial charge in [0, 0.05) is 17.0 Å². The summed E-state index contributed by atoms with van der Waals surface area (Å²) in [7, 11) is 0. The minimum atomic E-state index is -0.972. The van der Waals surface area contributed by atoms with Crippen LogP contribution in [0.5, 0.6) is 11.5 Å². The van der Waals surface area contributed by atoms with E-state index in [0.717, 1.165) is 12.1 Å². The molecule has 1 aromatic rings. The zero-order valence-electron chi connectivity index (χ0n) is 8.40. The number of hydrogen-bond donors (Lipinski definition) is 3. The number of carbonyl (C=O) groups is 1. The molecular formula is C11H11FO4. The first-order chi connectivity index (χ1) is 7.44. The van der Waals surface area contributed by atoms with E-state index < -0.39 is 23.0 Å². The Kier molecular flexibility index (Phi) is 2.26. The lowest BCUT2D eigenvalue weighted by atomic mass is 9.91. The maximum absolute atomic E-state index is 12.9. The van der Waals surface area contributed by atoms with Gasteiger partial charge in [-0.15, -0.1) is 0 Å². The Labute approximate surface area is 91.0 Å². The van der Waals surface area contributed by atoms with Crippen LogP contribution >= 0.6 is 0 Å². The smallest absolute Gasteiger partial charge is 0.304 e. The summed E-state index contributed by atoms with van der Waals surface area (Å²) < 4.78 is 12.9. The summed E-state index contributed by atoms with van der Waals surface area (Å²) in [6.07, 6.45) is 1.13. The highest BCUT2D eigenvalue weighted by Crippen LogP contribution is 2.54. The fourth-order valence-electron chi connectivity index (χ4n) is 1.96. The van der Waals surface area contributed by atoms with Crippen LogP contribution in [0.4, 0.5) is 4.39 Å². The van der Waals surface area contributed by atoms with E-state index in [4.69, 9.17) is 5.11 Å². The molecule has 86 valence electrons. The van der Waals surface area contributed by atoms with Gasteiger partial charge in [0.25, 0.3) is 0 Å². The summed E-state index contributed by atoms with van der Waals surface area (Å²) in [6.45, 7) is 0. The van der Waals surface area contributed by atoms with Crippen LogP contribution in [0.3, 0.4) is 0 Å². The number of carboxylic acid groups (broad SMARTS) is 1. The number of benzene rings is 1. The van der Waals surface area contributed by atoms with Crippen molar-refractivity contribution in [2.24, 2.45) is 0 Å². The van der Waals surface area contributed by atoms with Gasteiger partial charge in [0.05, 0.1) is 6.42 Å². The summed E-state index contributed by atoms with van der Waals surface area (Å²) in [5.74, 6) is -2.74. The Morgan fingerprint density at radius 2 is 1.94 bits per heavy atom. The molecule has 0 atom stereocenters. The van der Waals surface area contributed by atoms with Crippen LogP contribution in [0, 0.1) is 5.82 Å². The van der Waals surface area contributed by atoms with Crippen molar-refractivity contribution >= 4 is 5.97 Å². The molecule has 0 bridgehead atoms. The molecule has 0 radical (unpaired) electrons. The highest BCUT2D eigenvalue weighted by Gasteiger charge is 2.48. The number of aliphatic carboxylic acids is 1. The molecule has 1 aliphatic carbocycles. The maximum Gasteiger partial charge on any atom is 0.304 e. The molecule has 3 N–H and O–H groups in total. The van der Waals surface area contributed by atoms with Crippen molar-refractivity contribution in [2.45, 2.75) is 24.7 Å². The minimum absolute atomic E-state index is 0.119. The van der Waals surface area contributed by atoms with Crippen molar-refractivity contribution in [3.8, 4) is 11.5 Å². The largest absolute Gasteiger partial charge is 0.508 e. The van der Waals surface area contributed by atoms with Crippen LogP contribution in [0.1, 0.15) is 24.8 Å². The zero-order valence-corrected chi connectivity index (χ0v) is 8.40. The number of aromatic hydroxyl groups is 2. The van der Waals surface area contributed by atoms with Gasteiger partial charge >= 0.3 is 5.97 Å². The van der Waals surface area contributed by atoms with Gasteiger partial charge in [-0.3, -0.25) is 4.79 Å². The van der Waals surface area contributed by atoms with E-state index in [1.165, 1.54) is 0 Å². The molecule has 1 fully saturated rings. The highest BCUT2D eigenvalue weighted by atomic mass is 19.1. The molecule has 0 spiro atoms. The molecule has 4 nitrogen and oxygen atoms in total. The lowest BCUT2D eigenvalue weighted by Crippen LogP contribution is -2.13. The number of carboxylic acids is 1. The molecular weight excluding hydrogens is 215 g/mol. The predicted molar refractivity (Wildman–Crippen MR) is 52.9 cm³/mol. The average Bonchev–Trinajstić information content (AvgIpc) is 2.91. The number of phenolic OH excluding ortho intramolecular Hbond substituents is 2. The highest BCUT2D eigenvalue weighted by molar-refractivity contribution is 5.70. The molecule has 0 heterocycles. The third-order valence-corrected chi connectivity index (χ3v) is 2.98. The van der Waals surface area contributed by atoms with Gasteiger partial charge < -0.3 is 15.3 Å². The lowest BCUT2D eigenvalue weighted by molar-refractivity contribution is -0.137. The van der Waals surface area contributed by atoms with Crippen molar-refractivity contribution in [1.29, 1.82) is 0 Å². The summed E-state index contributed by atoms with van der Waals surface area (Å²) in [4.78, 5) is 10.7. The van der Waals surface area contributed by atoms with Gasteiger partial charge in [-0.25, -0.2) is 4.39 Å². The van der Waals surface area contributed by atoms with E-state index in [0.29, 0.717) is 18.4 Å². The summed E-state index contributed by atoms with van der Waals surface area (Å²) in [6, 6.07) is 1.92. The van der Waals surface area contributed by atoms with E-state index in [-0.39, 0.29) is 12.2 Å². The second-order valence-electron chi connectivity index (χ2n) is 4.17. The zero-order chi connectivity index (χ0) is 11.9. The van der Waals surface area contributed by atoms with E-state index in [1.54, 1.807) is 0 Å². The summed E-state index contributed by atoms with van der Waals surface area (Å²) >= 11 is 0. The second-order valence-corrected chi connectivity index (χ2v) is 4.17. The number of hydrogen-bond acceptors (Lipinski definition) is 3. The molecule has 16 heavy (non-hydrogen) atoms. The SMILES string of the molecule is O=C(O)CC1(c2cc(O)c(F)cc2O)CC1. The first kappa shape index (κ1) is 10.7. The molecule has 1 aliphatic rings. The summed E-state index contributed by atoms with van der Waals surface area (Å²) in [5, 5.41) is 27.5. The average molecular weight is 226 g/mol. The van der Waals surface area contributed by atoms with Crippen LogP contribution in [0.2, 0.25) is 0 Å². The van der Waals surface area contributed by atoms with Crippen molar-refractivity contribution in [3.63, 3.8) is 0 Å². The molecule has 0 unspecified atom stereocenters. The fourth-order valence-corrected chi connectivity index (χ4v) is 1.96. The van der Waals surface area contributed by atoms with E-state index in [2.05, 4.69) is 0 Å². The van der Waals surface area contributed by atoms with Crippen molar-refractivity contribution < 1.29 is 24.5 Å². The van der Waals surface area contributed by atoms with E-state index in [1.807, 2.05) is 0 Å². The second kappa shape index (κ2) is 3.37. The predicted octanol–water partition coefficient (Wildman–Crippen LogP) is 1.74. The molecule has 1 saturated carbocycles. The first-order valence-corrected chi connectivity index (χ1v) is 4.88. The van der Waals surface area contributed by atoms with Gasteiger partial charge in [0.1, 0.15) is 5.75 Å². The number of halogens is 1. The minimum Gasteiger partial charge on any atom is -0.508 e. The molecule has 1 aromatic carbocycles. The quantitative estimate of drug-likeness (QED) is 0.686. The standard InChI is InChI=1S/C11H11FO4/c12-7-4-8(13)6(3-9(7)14)11(1-2-11)5-10(15)16/h3-4,13-14H,1-2,5H2,(H,15,16). The van der Waals surface area contributed by atoms with Gasteiger partial charge in [-0.2, -0.15) is 0 Å². The molecule has 0 aliphatic heterocycles. The topological polar surface area (TPSA) is 77.8 Å². The Bertz CT molecular complexity index is 452. The third-order valence-electron chi connectivity index (χ3n) is 2.98. The van der Waals surface area contributed by atoms with Gasteiger partial charge in [-0.05, 0) is 18.9 Å². The van der Waals surface area contributed by atoms with Gasteiger partial charge in [-0.1, -0.05) is 0 Å². The van der Waals surface area contributed by atoms with Crippen LogP contribution in [0.15, 0.2) is 12.1 Å².